The Hall–Kier alpha value is -1.45. The summed E-state index contributed by atoms with van der Waals surface area (Å²) in [5.74, 6) is 0.0968. The lowest BCUT2D eigenvalue weighted by Gasteiger charge is -2.40. The van der Waals surface area contributed by atoms with Crippen molar-refractivity contribution in [1.82, 2.24) is 9.21 Å². The number of amides is 1. The van der Waals surface area contributed by atoms with Gasteiger partial charge in [0.15, 0.2) is 9.84 Å². The highest BCUT2D eigenvalue weighted by Crippen LogP contribution is 2.26. The van der Waals surface area contributed by atoms with Crippen LogP contribution in [0.15, 0.2) is 34.1 Å². The Labute approximate surface area is 155 Å². The summed E-state index contributed by atoms with van der Waals surface area (Å²) in [6, 6.07) is 5.35. The van der Waals surface area contributed by atoms with Crippen molar-refractivity contribution in [2.75, 3.05) is 25.9 Å². The molecule has 2 heterocycles. The van der Waals surface area contributed by atoms with Crippen LogP contribution in [0.2, 0.25) is 0 Å². The summed E-state index contributed by atoms with van der Waals surface area (Å²) < 4.78 is 50.8. The van der Waals surface area contributed by atoms with E-state index in [4.69, 9.17) is 0 Å². The average molecular weight is 401 g/mol. The molecule has 0 saturated carbocycles. The van der Waals surface area contributed by atoms with E-state index >= 15 is 0 Å². The first-order valence-electron chi connectivity index (χ1n) is 8.79. The monoisotopic (exact) mass is 400 g/mol. The fourth-order valence-electron chi connectivity index (χ4n) is 3.62. The van der Waals surface area contributed by atoms with E-state index in [-0.39, 0.29) is 28.3 Å². The Morgan fingerprint density at radius 3 is 2.42 bits per heavy atom. The molecule has 1 atom stereocenters. The van der Waals surface area contributed by atoms with Crippen molar-refractivity contribution in [3.05, 3.63) is 24.3 Å². The fourth-order valence-corrected chi connectivity index (χ4v) is 5.92. The predicted octanol–water partition coefficient (Wildman–Crippen LogP) is 1.26. The number of benzene rings is 1. The maximum atomic E-state index is 13.0. The molecule has 9 heteroatoms. The molecule has 2 saturated heterocycles. The Morgan fingerprint density at radius 2 is 1.73 bits per heavy atom. The van der Waals surface area contributed by atoms with Gasteiger partial charge < -0.3 is 4.90 Å². The minimum absolute atomic E-state index is 0.0154. The smallest absolute Gasteiger partial charge is 0.243 e. The van der Waals surface area contributed by atoms with Gasteiger partial charge in [0.1, 0.15) is 0 Å². The summed E-state index contributed by atoms with van der Waals surface area (Å²) in [6.07, 6.45) is 4.89. The van der Waals surface area contributed by atoms with Crippen molar-refractivity contribution in [2.45, 2.75) is 47.9 Å². The molecule has 3 rings (SSSR count). The van der Waals surface area contributed by atoms with E-state index in [1.807, 2.05) is 4.90 Å². The van der Waals surface area contributed by atoms with E-state index in [0.717, 1.165) is 25.5 Å². The van der Waals surface area contributed by atoms with Gasteiger partial charge in [-0.2, -0.15) is 4.31 Å². The number of sulfonamides is 1. The van der Waals surface area contributed by atoms with Crippen LogP contribution in [0.25, 0.3) is 0 Å². The summed E-state index contributed by atoms with van der Waals surface area (Å²) >= 11 is 0. The number of hydrogen-bond donors (Lipinski definition) is 0. The minimum Gasteiger partial charge on any atom is -0.338 e. The first kappa shape index (κ1) is 19.3. The van der Waals surface area contributed by atoms with Gasteiger partial charge in [-0.15, -0.1) is 0 Å². The van der Waals surface area contributed by atoms with Crippen molar-refractivity contribution in [1.29, 1.82) is 0 Å². The van der Waals surface area contributed by atoms with Crippen LogP contribution in [-0.4, -0.2) is 63.9 Å². The van der Waals surface area contributed by atoms with Crippen molar-refractivity contribution in [3.63, 3.8) is 0 Å². The molecule has 0 radical (unpaired) electrons. The molecule has 0 N–H and O–H groups in total. The summed E-state index contributed by atoms with van der Waals surface area (Å²) in [7, 11) is -7.29. The van der Waals surface area contributed by atoms with Gasteiger partial charge in [0.2, 0.25) is 15.9 Å². The molecule has 2 fully saturated rings. The van der Waals surface area contributed by atoms with Crippen molar-refractivity contribution < 1.29 is 21.6 Å². The van der Waals surface area contributed by atoms with E-state index in [1.165, 1.54) is 28.6 Å². The SMILES string of the molecule is CS(=O)(=O)c1cccc(S(=O)(=O)N2CCCC(N3CCCCC3=O)C2)c1. The second kappa shape index (κ2) is 7.28. The molecular formula is C17H24N2O5S2. The second-order valence-electron chi connectivity index (χ2n) is 6.95. The summed E-state index contributed by atoms with van der Waals surface area (Å²) in [5, 5.41) is 0. The van der Waals surface area contributed by atoms with Crippen molar-refractivity contribution in [3.8, 4) is 0 Å². The Kier molecular flexibility index (Phi) is 5.41. The molecule has 2 aliphatic rings. The van der Waals surface area contributed by atoms with E-state index in [2.05, 4.69) is 0 Å². The van der Waals surface area contributed by atoms with Gasteiger partial charge in [-0.25, -0.2) is 16.8 Å². The number of rotatable bonds is 4. The number of carbonyl (C=O) groups is 1. The molecule has 1 unspecified atom stereocenters. The maximum absolute atomic E-state index is 13.0. The second-order valence-corrected chi connectivity index (χ2v) is 10.9. The standard InChI is InChI=1S/C17H24N2O5S2/c1-25(21,22)15-7-4-8-16(12-15)26(23,24)18-10-5-6-14(13-18)19-11-3-2-9-17(19)20/h4,7-8,12,14H,2-3,5-6,9-11,13H2,1H3. The zero-order valence-corrected chi connectivity index (χ0v) is 16.4. The summed E-state index contributed by atoms with van der Waals surface area (Å²) in [4.78, 5) is 13.9. The van der Waals surface area contributed by atoms with Crippen LogP contribution >= 0.6 is 0 Å². The normalized spacial score (nSPS) is 23.2. The highest BCUT2D eigenvalue weighted by Gasteiger charge is 2.35. The Morgan fingerprint density at radius 1 is 1.00 bits per heavy atom. The molecule has 1 aromatic rings. The largest absolute Gasteiger partial charge is 0.338 e. The predicted molar refractivity (Wildman–Crippen MR) is 96.9 cm³/mol. The molecule has 0 aromatic heterocycles. The molecule has 144 valence electrons. The lowest BCUT2D eigenvalue weighted by atomic mass is 10.0. The molecule has 26 heavy (non-hydrogen) atoms. The molecule has 7 nitrogen and oxygen atoms in total. The van der Waals surface area contributed by atoms with Gasteiger partial charge >= 0.3 is 0 Å². The zero-order valence-electron chi connectivity index (χ0n) is 14.8. The van der Waals surface area contributed by atoms with Gasteiger partial charge in [-0.3, -0.25) is 4.79 Å². The van der Waals surface area contributed by atoms with Gasteiger partial charge in [-0.05, 0) is 43.9 Å². The van der Waals surface area contributed by atoms with Crippen LogP contribution in [0.4, 0.5) is 0 Å². The minimum atomic E-state index is -3.80. The van der Waals surface area contributed by atoms with Gasteiger partial charge in [0, 0.05) is 38.4 Å². The molecule has 2 aliphatic heterocycles. The number of sulfone groups is 1. The molecule has 0 aliphatic carbocycles. The van der Waals surface area contributed by atoms with Crippen molar-refractivity contribution in [2.24, 2.45) is 0 Å². The number of hydrogen-bond acceptors (Lipinski definition) is 5. The van der Waals surface area contributed by atoms with Crippen molar-refractivity contribution >= 4 is 25.8 Å². The van der Waals surface area contributed by atoms with Gasteiger partial charge in [-0.1, -0.05) is 6.07 Å². The Bertz CT molecular complexity index is 895. The Balaban J connectivity index is 1.84. The maximum Gasteiger partial charge on any atom is 0.243 e. The third-order valence-electron chi connectivity index (χ3n) is 5.03. The fraction of sp³-hybridized carbons (Fsp3) is 0.588. The van der Waals surface area contributed by atoms with Gasteiger partial charge in [0.25, 0.3) is 0 Å². The first-order chi connectivity index (χ1) is 12.2. The quantitative estimate of drug-likeness (QED) is 0.759. The highest BCUT2D eigenvalue weighted by molar-refractivity contribution is 7.91. The van der Waals surface area contributed by atoms with Crippen LogP contribution in [0.1, 0.15) is 32.1 Å². The van der Waals surface area contributed by atoms with Crippen LogP contribution in [0, 0.1) is 0 Å². The number of carbonyl (C=O) groups excluding carboxylic acids is 1. The van der Waals surface area contributed by atoms with E-state index in [9.17, 15) is 21.6 Å². The van der Waals surface area contributed by atoms with Crippen LogP contribution in [0.5, 0.6) is 0 Å². The van der Waals surface area contributed by atoms with E-state index in [1.54, 1.807) is 0 Å². The zero-order chi connectivity index (χ0) is 18.9. The third kappa shape index (κ3) is 3.94. The number of likely N-dealkylation sites (tertiary alicyclic amines) is 1. The first-order valence-corrected chi connectivity index (χ1v) is 12.1. The third-order valence-corrected chi connectivity index (χ3v) is 8.00. The highest BCUT2D eigenvalue weighted by atomic mass is 32.2. The molecule has 0 bridgehead atoms. The molecular weight excluding hydrogens is 376 g/mol. The van der Waals surface area contributed by atoms with Crippen LogP contribution in [0.3, 0.4) is 0 Å². The molecule has 0 spiro atoms. The molecule has 1 aromatic carbocycles. The van der Waals surface area contributed by atoms with Crippen LogP contribution < -0.4 is 0 Å². The lowest BCUT2D eigenvalue weighted by molar-refractivity contribution is -0.136. The summed E-state index contributed by atoms with van der Waals surface area (Å²) in [5.41, 5.74) is 0. The summed E-state index contributed by atoms with van der Waals surface area (Å²) in [6.45, 7) is 1.32. The molecule has 1 amide bonds. The topological polar surface area (TPSA) is 91.8 Å². The van der Waals surface area contributed by atoms with Gasteiger partial charge in [0.05, 0.1) is 9.79 Å². The van der Waals surface area contributed by atoms with Crippen LogP contribution in [-0.2, 0) is 24.7 Å². The van der Waals surface area contributed by atoms with E-state index in [0.29, 0.717) is 25.9 Å². The number of nitrogens with zero attached hydrogens (tertiary/aromatic N) is 2. The lowest BCUT2D eigenvalue weighted by Crippen LogP contribution is -2.52. The van der Waals surface area contributed by atoms with E-state index < -0.39 is 19.9 Å². The average Bonchev–Trinajstić information content (AvgIpc) is 2.61. The number of piperidine rings is 2.